The summed E-state index contributed by atoms with van der Waals surface area (Å²) in [5.41, 5.74) is 1.28. The maximum Gasteiger partial charge on any atom is 0.260 e. The first kappa shape index (κ1) is 17.3. The van der Waals surface area contributed by atoms with Crippen molar-refractivity contribution in [1.29, 1.82) is 0 Å². The van der Waals surface area contributed by atoms with Crippen LogP contribution in [0.1, 0.15) is 25.3 Å². The fraction of sp³-hybridized carbons (Fsp3) is 0.381. The first-order valence-corrected chi connectivity index (χ1v) is 8.95. The highest BCUT2D eigenvalue weighted by molar-refractivity contribution is 5.78. The molecule has 1 aliphatic rings. The molecular formula is C21H25NO3. The molecule has 132 valence electrons. The lowest BCUT2D eigenvalue weighted by molar-refractivity contribution is -0.134. The molecule has 0 bridgehead atoms. The SMILES string of the molecule is CCOc1ccc(OCC(=O)N2CCCC2Cc2ccccc2)cc1. The number of benzene rings is 2. The number of ether oxygens (including phenoxy) is 2. The zero-order valence-electron chi connectivity index (χ0n) is 14.7. The van der Waals surface area contributed by atoms with Gasteiger partial charge in [0.1, 0.15) is 11.5 Å². The van der Waals surface area contributed by atoms with E-state index >= 15 is 0 Å². The Balaban J connectivity index is 1.53. The van der Waals surface area contributed by atoms with Gasteiger partial charge in [-0.1, -0.05) is 30.3 Å². The van der Waals surface area contributed by atoms with Gasteiger partial charge in [-0.05, 0) is 56.0 Å². The van der Waals surface area contributed by atoms with Crippen molar-refractivity contribution in [3.8, 4) is 11.5 Å². The molecule has 1 unspecified atom stereocenters. The Hall–Kier alpha value is -2.49. The van der Waals surface area contributed by atoms with Crippen molar-refractivity contribution in [3.05, 3.63) is 60.2 Å². The van der Waals surface area contributed by atoms with E-state index < -0.39 is 0 Å². The molecular weight excluding hydrogens is 314 g/mol. The molecule has 0 N–H and O–H groups in total. The fourth-order valence-corrected chi connectivity index (χ4v) is 3.29. The van der Waals surface area contributed by atoms with E-state index in [0.29, 0.717) is 12.4 Å². The van der Waals surface area contributed by atoms with Gasteiger partial charge in [0, 0.05) is 12.6 Å². The Morgan fingerprint density at radius 1 is 1.04 bits per heavy atom. The molecule has 0 aromatic heterocycles. The van der Waals surface area contributed by atoms with Gasteiger partial charge in [-0.15, -0.1) is 0 Å². The van der Waals surface area contributed by atoms with Gasteiger partial charge >= 0.3 is 0 Å². The minimum Gasteiger partial charge on any atom is -0.494 e. The standard InChI is InChI=1S/C21H25NO3/c1-2-24-19-10-12-20(13-11-19)25-16-21(23)22-14-6-9-18(22)15-17-7-4-3-5-8-17/h3-5,7-8,10-13,18H,2,6,9,14-16H2,1H3. The predicted octanol–water partition coefficient (Wildman–Crippen LogP) is 3.70. The Bertz CT molecular complexity index is 669. The Morgan fingerprint density at radius 2 is 1.72 bits per heavy atom. The molecule has 1 saturated heterocycles. The van der Waals surface area contributed by atoms with Gasteiger partial charge in [-0.2, -0.15) is 0 Å². The Kier molecular flexibility index (Phi) is 5.94. The van der Waals surface area contributed by atoms with Gasteiger partial charge < -0.3 is 14.4 Å². The summed E-state index contributed by atoms with van der Waals surface area (Å²) in [5.74, 6) is 1.56. The zero-order chi connectivity index (χ0) is 17.5. The Morgan fingerprint density at radius 3 is 2.40 bits per heavy atom. The monoisotopic (exact) mass is 339 g/mol. The van der Waals surface area contributed by atoms with Crippen LogP contribution >= 0.6 is 0 Å². The molecule has 1 heterocycles. The summed E-state index contributed by atoms with van der Waals surface area (Å²) >= 11 is 0. The summed E-state index contributed by atoms with van der Waals surface area (Å²) in [6.45, 7) is 3.49. The lowest BCUT2D eigenvalue weighted by atomic mass is 10.0. The topological polar surface area (TPSA) is 38.8 Å². The molecule has 0 spiro atoms. The summed E-state index contributed by atoms with van der Waals surface area (Å²) < 4.78 is 11.1. The predicted molar refractivity (Wildman–Crippen MR) is 98.0 cm³/mol. The second kappa shape index (κ2) is 8.56. The molecule has 0 aliphatic carbocycles. The number of amides is 1. The molecule has 3 rings (SSSR count). The number of hydrogen-bond donors (Lipinski definition) is 0. The fourth-order valence-electron chi connectivity index (χ4n) is 3.29. The first-order chi connectivity index (χ1) is 12.3. The summed E-state index contributed by atoms with van der Waals surface area (Å²) in [7, 11) is 0. The highest BCUT2D eigenvalue weighted by Crippen LogP contribution is 2.22. The second-order valence-corrected chi connectivity index (χ2v) is 6.27. The third kappa shape index (κ3) is 4.75. The van der Waals surface area contributed by atoms with Crippen LogP contribution in [-0.4, -0.2) is 36.6 Å². The molecule has 4 heteroatoms. The second-order valence-electron chi connectivity index (χ2n) is 6.27. The van der Waals surface area contributed by atoms with Crippen LogP contribution in [0.4, 0.5) is 0 Å². The van der Waals surface area contributed by atoms with Crippen molar-refractivity contribution in [2.45, 2.75) is 32.2 Å². The normalized spacial score (nSPS) is 16.7. The molecule has 1 aliphatic heterocycles. The number of carbonyl (C=O) groups excluding carboxylic acids is 1. The molecule has 1 atom stereocenters. The van der Waals surface area contributed by atoms with Gasteiger partial charge in [0.2, 0.25) is 0 Å². The molecule has 2 aromatic rings. The molecule has 0 saturated carbocycles. The van der Waals surface area contributed by atoms with Crippen molar-refractivity contribution in [2.24, 2.45) is 0 Å². The number of likely N-dealkylation sites (tertiary alicyclic amines) is 1. The van der Waals surface area contributed by atoms with Gasteiger partial charge in [0.05, 0.1) is 6.61 Å². The van der Waals surface area contributed by atoms with E-state index in [1.54, 1.807) is 0 Å². The zero-order valence-corrected chi connectivity index (χ0v) is 14.7. The van der Waals surface area contributed by atoms with Crippen LogP contribution in [0.15, 0.2) is 54.6 Å². The third-order valence-electron chi connectivity index (χ3n) is 4.51. The molecule has 1 amide bonds. The smallest absolute Gasteiger partial charge is 0.260 e. The minimum atomic E-state index is 0.0623. The van der Waals surface area contributed by atoms with Gasteiger partial charge in [-0.25, -0.2) is 0 Å². The van der Waals surface area contributed by atoms with E-state index in [-0.39, 0.29) is 18.6 Å². The van der Waals surface area contributed by atoms with Crippen LogP contribution in [-0.2, 0) is 11.2 Å². The summed E-state index contributed by atoms with van der Waals surface area (Å²) in [6, 6.07) is 18.0. The van der Waals surface area contributed by atoms with Crippen molar-refractivity contribution < 1.29 is 14.3 Å². The number of rotatable bonds is 7. The van der Waals surface area contributed by atoms with Crippen molar-refractivity contribution >= 4 is 5.91 Å². The first-order valence-electron chi connectivity index (χ1n) is 8.95. The van der Waals surface area contributed by atoms with Gasteiger partial charge in [0.25, 0.3) is 5.91 Å². The van der Waals surface area contributed by atoms with Crippen LogP contribution in [0.3, 0.4) is 0 Å². The van der Waals surface area contributed by atoms with E-state index in [0.717, 1.165) is 31.6 Å². The van der Waals surface area contributed by atoms with E-state index in [2.05, 4.69) is 12.1 Å². The molecule has 2 aromatic carbocycles. The van der Waals surface area contributed by atoms with Crippen LogP contribution < -0.4 is 9.47 Å². The summed E-state index contributed by atoms with van der Waals surface area (Å²) in [5, 5.41) is 0. The molecule has 1 fully saturated rings. The van der Waals surface area contributed by atoms with E-state index in [1.807, 2.05) is 54.3 Å². The molecule has 25 heavy (non-hydrogen) atoms. The highest BCUT2D eigenvalue weighted by atomic mass is 16.5. The number of nitrogens with zero attached hydrogens (tertiary/aromatic N) is 1. The van der Waals surface area contributed by atoms with Gasteiger partial charge in [0.15, 0.2) is 6.61 Å². The van der Waals surface area contributed by atoms with E-state index in [1.165, 1.54) is 5.56 Å². The quantitative estimate of drug-likeness (QED) is 0.772. The molecule has 4 nitrogen and oxygen atoms in total. The minimum absolute atomic E-state index is 0.0623. The summed E-state index contributed by atoms with van der Waals surface area (Å²) in [4.78, 5) is 14.5. The lowest BCUT2D eigenvalue weighted by Crippen LogP contribution is -2.39. The van der Waals surface area contributed by atoms with E-state index in [9.17, 15) is 4.79 Å². The van der Waals surface area contributed by atoms with Crippen LogP contribution in [0.2, 0.25) is 0 Å². The Labute approximate surface area is 149 Å². The van der Waals surface area contributed by atoms with E-state index in [4.69, 9.17) is 9.47 Å². The highest BCUT2D eigenvalue weighted by Gasteiger charge is 2.28. The van der Waals surface area contributed by atoms with Crippen molar-refractivity contribution in [1.82, 2.24) is 4.90 Å². The van der Waals surface area contributed by atoms with Crippen molar-refractivity contribution in [3.63, 3.8) is 0 Å². The number of carbonyl (C=O) groups is 1. The molecule has 0 radical (unpaired) electrons. The average Bonchev–Trinajstić information content (AvgIpc) is 3.10. The van der Waals surface area contributed by atoms with Crippen molar-refractivity contribution in [2.75, 3.05) is 19.8 Å². The third-order valence-corrected chi connectivity index (χ3v) is 4.51. The van der Waals surface area contributed by atoms with Gasteiger partial charge in [-0.3, -0.25) is 4.79 Å². The maximum absolute atomic E-state index is 12.6. The lowest BCUT2D eigenvalue weighted by Gasteiger charge is -2.25. The average molecular weight is 339 g/mol. The maximum atomic E-state index is 12.6. The number of hydrogen-bond acceptors (Lipinski definition) is 3. The summed E-state index contributed by atoms with van der Waals surface area (Å²) in [6.07, 6.45) is 3.03. The van der Waals surface area contributed by atoms with Crippen LogP contribution in [0.5, 0.6) is 11.5 Å². The largest absolute Gasteiger partial charge is 0.494 e. The van der Waals surface area contributed by atoms with Crippen LogP contribution in [0, 0.1) is 0 Å². The van der Waals surface area contributed by atoms with Crippen LogP contribution in [0.25, 0.3) is 0 Å².